The number of hydrogen-bond donors (Lipinski definition) is 2. The quantitative estimate of drug-likeness (QED) is 0.483. The average Bonchev–Trinajstić information content (AvgIpc) is 1.61. The molecule has 0 spiro atoms. The first-order valence-corrected chi connectivity index (χ1v) is 1.77. The molecule has 0 aromatic heterocycles. The molecular formula is C4H8BaO5. The molecule has 0 saturated carbocycles. The summed E-state index contributed by atoms with van der Waals surface area (Å²) in [5.41, 5.74) is 0. The largest absolute Gasteiger partial charge is 2.00 e. The van der Waals surface area contributed by atoms with Crippen molar-refractivity contribution in [2.45, 2.75) is 0 Å². The van der Waals surface area contributed by atoms with Crippen molar-refractivity contribution in [1.82, 2.24) is 0 Å². The van der Waals surface area contributed by atoms with Crippen LogP contribution in [0.4, 0.5) is 0 Å². The van der Waals surface area contributed by atoms with E-state index < -0.39 is 11.9 Å². The average molecular weight is 273 g/mol. The summed E-state index contributed by atoms with van der Waals surface area (Å²) in [6.45, 7) is 0. The fourth-order valence-electron chi connectivity index (χ4n) is 0.143. The number of aliphatic carboxylic acids is 2. The van der Waals surface area contributed by atoms with Gasteiger partial charge in [-0.1, -0.05) is 0 Å². The Morgan fingerprint density at radius 1 is 1.10 bits per heavy atom. The van der Waals surface area contributed by atoms with Crippen molar-refractivity contribution in [3.8, 4) is 0 Å². The van der Waals surface area contributed by atoms with Crippen molar-refractivity contribution in [3.63, 3.8) is 0 Å². The fourth-order valence-corrected chi connectivity index (χ4v) is 0.143. The molecule has 0 fully saturated rings. The van der Waals surface area contributed by atoms with E-state index in [1.165, 1.54) is 0 Å². The summed E-state index contributed by atoms with van der Waals surface area (Å²) in [4.78, 5) is 19.1. The van der Waals surface area contributed by atoms with Crippen LogP contribution in [0, 0.1) is 0 Å². The topological polar surface area (TPSA) is 106 Å². The molecule has 0 heterocycles. The summed E-state index contributed by atoms with van der Waals surface area (Å²) in [5, 5.41) is 15.6. The molecule has 0 saturated heterocycles. The van der Waals surface area contributed by atoms with Crippen molar-refractivity contribution in [1.29, 1.82) is 0 Å². The standard InChI is InChI=1S/C4H4O4.Ba.H2O.2H/c5-3(6)1-2-4(7)8;;;;/h1-2H,(H,5,6)(H,7,8);;1H2;;/q;+2;;2*-1/b2-1-;;;;. The summed E-state index contributed by atoms with van der Waals surface area (Å²) < 4.78 is 0. The molecule has 0 aliphatic heterocycles. The van der Waals surface area contributed by atoms with Crippen LogP contribution < -0.4 is 0 Å². The second-order valence-corrected chi connectivity index (χ2v) is 1.01. The van der Waals surface area contributed by atoms with E-state index in [2.05, 4.69) is 0 Å². The molecule has 0 amide bonds. The minimum atomic E-state index is -1.26. The van der Waals surface area contributed by atoms with Crippen LogP contribution >= 0.6 is 0 Å². The number of hydrogen-bond acceptors (Lipinski definition) is 2. The number of rotatable bonds is 2. The summed E-state index contributed by atoms with van der Waals surface area (Å²) in [6.07, 6.45) is 1.12. The third kappa shape index (κ3) is 15.7. The smallest absolute Gasteiger partial charge is 1.00 e. The van der Waals surface area contributed by atoms with E-state index >= 15 is 0 Å². The van der Waals surface area contributed by atoms with Crippen LogP contribution in [0.3, 0.4) is 0 Å². The van der Waals surface area contributed by atoms with Crippen LogP contribution in [0.15, 0.2) is 12.2 Å². The zero-order valence-corrected chi connectivity index (χ0v) is 9.51. The normalized spacial score (nSPS) is 7.60. The Kier molecular flexibility index (Phi) is 15.3. The van der Waals surface area contributed by atoms with Gasteiger partial charge in [-0.25, -0.2) is 9.59 Å². The van der Waals surface area contributed by atoms with E-state index in [0.29, 0.717) is 12.2 Å². The van der Waals surface area contributed by atoms with Gasteiger partial charge in [0, 0.05) is 12.2 Å². The van der Waals surface area contributed by atoms with Gasteiger partial charge in [-0.2, -0.15) is 0 Å². The third-order valence-corrected chi connectivity index (χ3v) is 0.368. The van der Waals surface area contributed by atoms with E-state index in [1.54, 1.807) is 0 Å². The molecule has 0 bridgehead atoms. The van der Waals surface area contributed by atoms with Gasteiger partial charge in [-0.05, 0) is 0 Å². The SMILES string of the molecule is O.O=C(O)/C=C\C(=O)O.[Ba+2].[H-].[H-]. The molecule has 0 aliphatic rings. The molecule has 6 heteroatoms. The Morgan fingerprint density at radius 3 is 1.40 bits per heavy atom. The Morgan fingerprint density at radius 2 is 1.30 bits per heavy atom. The monoisotopic (exact) mass is 274 g/mol. The Balaban J connectivity index is -0.0000000408. The van der Waals surface area contributed by atoms with Crippen LogP contribution in [0.1, 0.15) is 2.85 Å². The fraction of sp³-hybridized carbons (Fsp3) is 0. The van der Waals surface area contributed by atoms with Gasteiger partial charge in [0.15, 0.2) is 0 Å². The first-order chi connectivity index (χ1) is 3.63. The predicted octanol–water partition coefficient (Wildman–Crippen LogP) is -1.27. The van der Waals surface area contributed by atoms with Gasteiger partial charge < -0.3 is 18.5 Å². The minimum absolute atomic E-state index is 0. The van der Waals surface area contributed by atoms with Gasteiger partial charge >= 0.3 is 60.8 Å². The Bertz CT molecular complexity index is 132. The summed E-state index contributed by atoms with van der Waals surface area (Å²) in [6, 6.07) is 0. The van der Waals surface area contributed by atoms with Crippen molar-refractivity contribution < 1.29 is 28.1 Å². The number of carbonyl (C=O) groups is 2. The number of carboxylic acid groups (broad SMARTS) is 2. The Labute approximate surface area is 100 Å². The van der Waals surface area contributed by atoms with Gasteiger partial charge in [0.2, 0.25) is 0 Å². The van der Waals surface area contributed by atoms with Crippen LogP contribution in [0.5, 0.6) is 0 Å². The molecular weight excluding hydrogens is 265 g/mol. The molecule has 0 aromatic rings. The molecule has 0 unspecified atom stereocenters. The van der Waals surface area contributed by atoms with E-state index in [-0.39, 0.29) is 57.2 Å². The van der Waals surface area contributed by atoms with Gasteiger partial charge in [0.05, 0.1) is 0 Å². The van der Waals surface area contributed by atoms with Gasteiger partial charge in [0.1, 0.15) is 0 Å². The summed E-state index contributed by atoms with van der Waals surface area (Å²) in [7, 11) is 0. The maximum Gasteiger partial charge on any atom is 2.00 e. The molecule has 0 rings (SSSR count). The predicted molar refractivity (Wildman–Crippen MR) is 36.0 cm³/mol. The second kappa shape index (κ2) is 9.21. The van der Waals surface area contributed by atoms with Crippen LogP contribution in [-0.2, 0) is 9.59 Å². The molecule has 0 radical (unpaired) electrons. The third-order valence-electron chi connectivity index (χ3n) is 0.368. The molecule has 0 aromatic carbocycles. The van der Waals surface area contributed by atoms with Gasteiger partial charge in [-0.15, -0.1) is 0 Å². The zero-order valence-electron chi connectivity index (χ0n) is 7.07. The maximum atomic E-state index is 9.55. The minimum Gasteiger partial charge on any atom is -1.00 e. The molecule has 4 N–H and O–H groups in total. The molecule has 0 aliphatic carbocycles. The molecule has 56 valence electrons. The second-order valence-electron chi connectivity index (χ2n) is 1.01. The molecule has 5 nitrogen and oxygen atoms in total. The number of carboxylic acids is 2. The molecule has 0 atom stereocenters. The Hall–Kier alpha value is 0.211. The maximum absolute atomic E-state index is 9.55. The zero-order chi connectivity index (χ0) is 6.57. The van der Waals surface area contributed by atoms with Crippen LogP contribution in [0.25, 0.3) is 0 Å². The van der Waals surface area contributed by atoms with E-state index in [4.69, 9.17) is 10.2 Å². The van der Waals surface area contributed by atoms with Gasteiger partial charge in [-0.3, -0.25) is 0 Å². The van der Waals surface area contributed by atoms with Crippen molar-refractivity contribution in [2.75, 3.05) is 0 Å². The first-order valence-electron chi connectivity index (χ1n) is 1.77. The van der Waals surface area contributed by atoms with Crippen molar-refractivity contribution in [2.24, 2.45) is 0 Å². The molecule has 10 heavy (non-hydrogen) atoms. The van der Waals surface area contributed by atoms with E-state index in [9.17, 15) is 9.59 Å². The van der Waals surface area contributed by atoms with Crippen LogP contribution in [-0.4, -0.2) is 76.5 Å². The summed E-state index contributed by atoms with van der Waals surface area (Å²) >= 11 is 0. The van der Waals surface area contributed by atoms with E-state index in [0.717, 1.165) is 0 Å². The van der Waals surface area contributed by atoms with Gasteiger partial charge in [0.25, 0.3) is 0 Å². The summed E-state index contributed by atoms with van der Waals surface area (Å²) in [5.74, 6) is -2.51. The van der Waals surface area contributed by atoms with E-state index in [1.807, 2.05) is 0 Å². The van der Waals surface area contributed by atoms with Crippen LogP contribution in [0.2, 0.25) is 0 Å². The van der Waals surface area contributed by atoms with Crippen molar-refractivity contribution >= 4 is 60.8 Å². The van der Waals surface area contributed by atoms with Crippen molar-refractivity contribution in [3.05, 3.63) is 12.2 Å². The first kappa shape index (κ1) is 16.7.